The molecule has 0 aliphatic heterocycles. The minimum Gasteiger partial charge on any atom is -0.481 e. The molecule has 13 heteroatoms. The molecule has 0 aromatic heterocycles. The number of rotatable bonds is 22. The van der Waals surface area contributed by atoms with Gasteiger partial charge in [0.25, 0.3) is 0 Å². The van der Waals surface area contributed by atoms with Crippen LogP contribution >= 0.6 is 0 Å². The van der Waals surface area contributed by atoms with Gasteiger partial charge < -0.3 is 36.6 Å². The van der Waals surface area contributed by atoms with Crippen molar-refractivity contribution < 1.29 is 33.9 Å². The number of carbonyl (C=O) groups is 6. The van der Waals surface area contributed by atoms with Crippen molar-refractivity contribution in [1.82, 2.24) is 31.5 Å². The predicted octanol–water partition coefficient (Wildman–Crippen LogP) is -0.885. The summed E-state index contributed by atoms with van der Waals surface area (Å²) >= 11 is 0. The highest BCUT2D eigenvalue weighted by molar-refractivity contribution is 5.80. The van der Waals surface area contributed by atoms with Gasteiger partial charge in [-0.05, 0) is 12.8 Å². The molecule has 0 saturated carbocycles. The van der Waals surface area contributed by atoms with E-state index in [0.29, 0.717) is 58.7 Å². The van der Waals surface area contributed by atoms with Gasteiger partial charge in [-0.2, -0.15) is 0 Å². The minimum atomic E-state index is -1.05. The van der Waals surface area contributed by atoms with E-state index in [4.69, 9.17) is 5.11 Å². The summed E-state index contributed by atoms with van der Waals surface area (Å²) in [4.78, 5) is 71.5. The predicted molar refractivity (Wildman–Crippen MR) is 137 cm³/mol. The summed E-state index contributed by atoms with van der Waals surface area (Å²) in [6.07, 6.45) is 2.34. The number of nitrogens with one attached hydrogen (secondary N) is 5. The van der Waals surface area contributed by atoms with Crippen LogP contribution in [0.3, 0.4) is 0 Å². The molecule has 0 unspecified atom stereocenters. The SMILES string of the molecule is CCCC(=O)NCCNC(=O)CCN(CCNC(=O)CCC(=O)O)CCC(=O)NCCNC(=O)CCC. The van der Waals surface area contributed by atoms with Crippen molar-refractivity contribution in [3.05, 3.63) is 0 Å². The standard InChI is InChI=1S/C24H44N6O7/c1-3-5-19(31)25-11-13-27-22(34)9-16-30(18-15-29-21(33)7-8-24(36)37)17-10-23(35)28-14-12-26-20(32)6-4-2/h3-18H2,1-2H3,(H,25,31)(H,26,32)(H,27,34)(H,28,35)(H,29,33)(H,36,37). The molecule has 0 radical (unpaired) electrons. The first-order valence-corrected chi connectivity index (χ1v) is 13.0. The van der Waals surface area contributed by atoms with E-state index in [1.807, 2.05) is 18.7 Å². The molecule has 0 aliphatic rings. The normalized spacial score (nSPS) is 10.5. The van der Waals surface area contributed by atoms with E-state index in [-0.39, 0.29) is 61.8 Å². The maximum absolute atomic E-state index is 12.2. The number of hydrogen-bond acceptors (Lipinski definition) is 7. The van der Waals surface area contributed by atoms with E-state index in [2.05, 4.69) is 26.6 Å². The zero-order chi connectivity index (χ0) is 27.9. The number of nitrogens with zero attached hydrogens (tertiary/aromatic N) is 1. The smallest absolute Gasteiger partial charge is 0.303 e. The molecule has 212 valence electrons. The third-order valence-electron chi connectivity index (χ3n) is 5.12. The summed E-state index contributed by atoms with van der Waals surface area (Å²) in [6.45, 7) is 6.44. The van der Waals surface area contributed by atoms with E-state index >= 15 is 0 Å². The maximum Gasteiger partial charge on any atom is 0.303 e. The average molecular weight is 529 g/mol. The lowest BCUT2D eigenvalue weighted by atomic mass is 10.3. The van der Waals surface area contributed by atoms with Crippen LogP contribution in [0, 0.1) is 0 Å². The Morgan fingerprint density at radius 2 is 0.838 bits per heavy atom. The molecule has 0 rings (SSSR count). The quantitative estimate of drug-likeness (QED) is 0.0977. The fraction of sp³-hybridized carbons (Fsp3) is 0.750. The van der Waals surface area contributed by atoms with Gasteiger partial charge >= 0.3 is 5.97 Å². The Bertz CT molecular complexity index is 690. The highest BCUT2D eigenvalue weighted by Crippen LogP contribution is 1.96. The summed E-state index contributed by atoms with van der Waals surface area (Å²) in [7, 11) is 0. The summed E-state index contributed by atoms with van der Waals surface area (Å²) in [6, 6.07) is 0. The average Bonchev–Trinajstić information content (AvgIpc) is 2.84. The van der Waals surface area contributed by atoms with Gasteiger partial charge in [0.2, 0.25) is 29.5 Å². The van der Waals surface area contributed by atoms with Crippen molar-refractivity contribution in [1.29, 1.82) is 0 Å². The van der Waals surface area contributed by atoms with Gasteiger partial charge in [0.1, 0.15) is 0 Å². The molecule has 0 heterocycles. The lowest BCUT2D eigenvalue weighted by Gasteiger charge is -2.22. The van der Waals surface area contributed by atoms with Gasteiger partial charge in [-0.15, -0.1) is 0 Å². The lowest BCUT2D eigenvalue weighted by Crippen LogP contribution is -2.40. The van der Waals surface area contributed by atoms with Crippen molar-refractivity contribution in [2.75, 3.05) is 52.4 Å². The van der Waals surface area contributed by atoms with Gasteiger partial charge in [0, 0.05) is 84.5 Å². The van der Waals surface area contributed by atoms with Crippen molar-refractivity contribution in [2.45, 2.75) is 65.2 Å². The molecule has 13 nitrogen and oxygen atoms in total. The van der Waals surface area contributed by atoms with Gasteiger partial charge in [-0.3, -0.25) is 28.8 Å². The van der Waals surface area contributed by atoms with E-state index in [9.17, 15) is 28.8 Å². The van der Waals surface area contributed by atoms with Crippen molar-refractivity contribution in [3.8, 4) is 0 Å². The van der Waals surface area contributed by atoms with Crippen LogP contribution in [0.1, 0.15) is 65.2 Å². The first-order chi connectivity index (χ1) is 17.7. The highest BCUT2D eigenvalue weighted by Gasteiger charge is 2.12. The van der Waals surface area contributed by atoms with Crippen molar-refractivity contribution in [3.63, 3.8) is 0 Å². The van der Waals surface area contributed by atoms with E-state index in [0.717, 1.165) is 12.8 Å². The van der Waals surface area contributed by atoms with Gasteiger partial charge in [0.05, 0.1) is 6.42 Å². The van der Waals surface area contributed by atoms with E-state index in [1.165, 1.54) is 0 Å². The molecule has 0 aliphatic carbocycles. The monoisotopic (exact) mass is 528 g/mol. The molecule has 37 heavy (non-hydrogen) atoms. The number of hydrogen-bond donors (Lipinski definition) is 6. The molecule has 0 aromatic carbocycles. The van der Waals surface area contributed by atoms with Crippen LogP contribution in [0.25, 0.3) is 0 Å². The van der Waals surface area contributed by atoms with Gasteiger partial charge in [-0.25, -0.2) is 0 Å². The number of carbonyl (C=O) groups excluding carboxylic acids is 5. The first-order valence-electron chi connectivity index (χ1n) is 13.0. The topological polar surface area (TPSA) is 186 Å². The number of amides is 5. The lowest BCUT2D eigenvalue weighted by molar-refractivity contribution is -0.138. The van der Waals surface area contributed by atoms with Crippen LogP contribution in [0.2, 0.25) is 0 Å². The summed E-state index contributed by atoms with van der Waals surface area (Å²) in [5.41, 5.74) is 0. The van der Waals surface area contributed by atoms with Crippen LogP contribution in [0.5, 0.6) is 0 Å². The van der Waals surface area contributed by atoms with Crippen molar-refractivity contribution >= 4 is 35.5 Å². The number of carboxylic acid groups (broad SMARTS) is 1. The van der Waals surface area contributed by atoms with E-state index < -0.39 is 5.97 Å². The summed E-state index contributed by atoms with van der Waals surface area (Å²) in [5, 5.41) is 22.2. The Kier molecular flexibility index (Phi) is 20.1. The number of aliphatic carboxylic acids is 1. The summed E-state index contributed by atoms with van der Waals surface area (Å²) in [5.74, 6) is -1.96. The molecule has 0 aromatic rings. The van der Waals surface area contributed by atoms with Crippen LogP contribution in [-0.2, 0) is 28.8 Å². The molecule has 0 saturated heterocycles. The van der Waals surface area contributed by atoms with Crippen LogP contribution in [-0.4, -0.2) is 97.9 Å². The Balaban J connectivity index is 4.47. The molecule has 6 N–H and O–H groups in total. The van der Waals surface area contributed by atoms with E-state index in [1.54, 1.807) is 0 Å². The molecule has 0 bridgehead atoms. The largest absolute Gasteiger partial charge is 0.481 e. The Morgan fingerprint density at radius 3 is 1.22 bits per heavy atom. The fourth-order valence-corrected chi connectivity index (χ4v) is 3.13. The molecular formula is C24H44N6O7. The Labute approximate surface area is 218 Å². The van der Waals surface area contributed by atoms with Crippen LogP contribution < -0.4 is 26.6 Å². The first kappa shape index (κ1) is 33.8. The zero-order valence-corrected chi connectivity index (χ0v) is 22.2. The Hall–Kier alpha value is -3.22. The van der Waals surface area contributed by atoms with Gasteiger partial charge in [0.15, 0.2) is 0 Å². The molecule has 5 amide bonds. The molecular weight excluding hydrogens is 484 g/mol. The van der Waals surface area contributed by atoms with Crippen molar-refractivity contribution in [2.24, 2.45) is 0 Å². The minimum absolute atomic E-state index is 0.0602. The molecule has 0 atom stereocenters. The third-order valence-corrected chi connectivity index (χ3v) is 5.12. The third kappa shape index (κ3) is 21.8. The second-order valence-corrected chi connectivity index (χ2v) is 8.49. The molecule has 0 fully saturated rings. The number of carboxylic acids is 1. The fourth-order valence-electron chi connectivity index (χ4n) is 3.13. The second-order valence-electron chi connectivity index (χ2n) is 8.49. The second kappa shape index (κ2) is 22.0. The summed E-state index contributed by atoms with van der Waals surface area (Å²) < 4.78 is 0. The Morgan fingerprint density at radius 1 is 0.486 bits per heavy atom. The highest BCUT2D eigenvalue weighted by atomic mass is 16.4. The molecule has 0 spiro atoms. The maximum atomic E-state index is 12.2. The van der Waals surface area contributed by atoms with Gasteiger partial charge in [-0.1, -0.05) is 13.8 Å². The van der Waals surface area contributed by atoms with Crippen LogP contribution in [0.15, 0.2) is 0 Å². The van der Waals surface area contributed by atoms with Crippen LogP contribution in [0.4, 0.5) is 0 Å². The zero-order valence-electron chi connectivity index (χ0n) is 22.2.